The maximum atomic E-state index is 5.47. The molecule has 1 atom stereocenters. The summed E-state index contributed by atoms with van der Waals surface area (Å²) in [6.07, 6.45) is 7.77. The van der Waals surface area contributed by atoms with Crippen LogP contribution in [0.25, 0.3) is 0 Å². The molecule has 0 aromatic carbocycles. The van der Waals surface area contributed by atoms with Crippen LogP contribution in [0.5, 0.6) is 0 Å². The standard InChI is InChI=1S/C20H29N3O2/c1-16(2)5-6-19(18-7-11-25-15-18)22-14-17-4-3-8-21-20(17)23-9-12-24-13-10-23/h3-4,7-8,11,15-16,19,22H,5-6,9-10,12-14H2,1-2H3/t19-/m1/s1. The molecule has 2 aromatic heterocycles. The molecule has 0 aliphatic carbocycles. The average molecular weight is 343 g/mol. The van der Waals surface area contributed by atoms with Crippen molar-refractivity contribution in [2.45, 2.75) is 39.3 Å². The number of ether oxygens (including phenoxy) is 1. The maximum Gasteiger partial charge on any atom is 0.133 e. The molecule has 1 fully saturated rings. The smallest absolute Gasteiger partial charge is 0.133 e. The molecule has 0 unspecified atom stereocenters. The number of morpholine rings is 1. The van der Waals surface area contributed by atoms with E-state index < -0.39 is 0 Å². The largest absolute Gasteiger partial charge is 0.472 e. The van der Waals surface area contributed by atoms with Crippen molar-refractivity contribution < 1.29 is 9.15 Å². The van der Waals surface area contributed by atoms with Crippen molar-refractivity contribution >= 4 is 5.82 Å². The molecule has 1 N–H and O–H groups in total. The molecule has 5 nitrogen and oxygen atoms in total. The Kier molecular flexibility index (Phi) is 6.48. The third kappa shape index (κ3) is 5.06. The molecule has 3 rings (SSSR count). The third-order valence-electron chi connectivity index (χ3n) is 4.70. The number of hydrogen-bond acceptors (Lipinski definition) is 5. The van der Waals surface area contributed by atoms with Crippen LogP contribution >= 0.6 is 0 Å². The number of hydrogen-bond donors (Lipinski definition) is 1. The van der Waals surface area contributed by atoms with Crippen LogP contribution in [0, 0.1) is 5.92 Å². The maximum absolute atomic E-state index is 5.47. The molecule has 0 bridgehead atoms. The van der Waals surface area contributed by atoms with E-state index in [0.717, 1.165) is 45.1 Å². The summed E-state index contributed by atoms with van der Waals surface area (Å²) in [5, 5.41) is 3.72. The highest BCUT2D eigenvalue weighted by molar-refractivity contribution is 5.47. The fourth-order valence-electron chi connectivity index (χ4n) is 3.22. The molecule has 1 aliphatic heterocycles. The summed E-state index contributed by atoms with van der Waals surface area (Å²) in [6, 6.07) is 6.55. The Bertz CT molecular complexity index is 622. The lowest BCUT2D eigenvalue weighted by atomic mass is 9.99. The lowest BCUT2D eigenvalue weighted by molar-refractivity contribution is 0.122. The molecule has 25 heavy (non-hydrogen) atoms. The summed E-state index contributed by atoms with van der Waals surface area (Å²) in [7, 11) is 0. The number of anilines is 1. The Labute approximate surface area is 150 Å². The van der Waals surface area contributed by atoms with Gasteiger partial charge in [0.25, 0.3) is 0 Å². The first-order valence-electron chi connectivity index (χ1n) is 9.26. The van der Waals surface area contributed by atoms with Crippen LogP contribution in [-0.2, 0) is 11.3 Å². The van der Waals surface area contributed by atoms with Gasteiger partial charge in [-0.25, -0.2) is 4.98 Å². The Morgan fingerprint density at radius 3 is 2.76 bits per heavy atom. The Morgan fingerprint density at radius 1 is 1.20 bits per heavy atom. The van der Waals surface area contributed by atoms with Gasteiger partial charge in [0, 0.05) is 43.0 Å². The van der Waals surface area contributed by atoms with E-state index in [1.54, 1.807) is 6.26 Å². The molecule has 0 amide bonds. The van der Waals surface area contributed by atoms with Gasteiger partial charge in [0.15, 0.2) is 0 Å². The van der Waals surface area contributed by atoms with Crippen molar-refractivity contribution in [2.24, 2.45) is 5.92 Å². The minimum absolute atomic E-state index is 0.305. The molecule has 1 saturated heterocycles. The average Bonchev–Trinajstić information content (AvgIpc) is 3.17. The predicted octanol–water partition coefficient (Wildman–Crippen LogP) is 3.78. The molecule has 0 spiro atoms. The lowest BCUT2D eigenvalue weighted by Crippen LogP contribution is -2.37. The molecular formula is C20H29N3O2. The van der Waals surface area contributed by atoms with E-state index in [4.69, 9.17) is 9.15 Å². The zero-order valence-corrected chi connectivity index (χ0v) is 15.3. The van der Waals surface area contributed by atoms with Crippen molar-refractivity contribution in [1.82, 2.24) is 10.3 Å². The van der Waals surface area contributed by atoms with Gasteiger partial charge in [-0.2, -0.15) is 0 Å². The number of nitrogens with zero attached hydrogens (tertiary/aromatic N) is 2. The molecule has 0 saturated carbocycles. The molecule has 2 aromatic rings. The van der Waals surface area contributed by atoms with Gasteiger partial charge in [-0.05, 0) is 30.9 Å². The van der Waals surface area contributed by atoms with Gasteiger partial charge in [0.2, 0.25) is 0 Å². The summed E-state index contributed by atoms with van der Waals surface area (Å²) in [5.74, 6) is 1.77. The minimum atomic E-state index is 0.305. The molecule has 1 aliphatic rings. The molecular weight excluding hydrogens is 314 g/mol. The first kappa shape index (κ1) is 18.0. The fraction of sp³-hybridized carbons (Fsp3) is 0.550. The monoisotopic (exact) mass is 343 g/mol. The van der Waals surface area contributed by atoms with Crippen molar-refractivity contribution in [2.75, 3.05) is 31.2 Å². The number of pyridine rings is 1. The highest BCUT2D eigenvalue weighted by Gasteiger charge is 2.18. The quantitative estimate of drug-likeness (QED) is 0.790. The van der Waals surface area contributed by atoms with E-state index in [-0.39, 0.29) is 0 Å². The summed E-state index contributed by atoms with van der Waals surface area (Å²) in [5.41, 5.74) is 2.46. The van der Waals surface area contributed by atoms with Crippen LogP contribution in [0.1, 0.15) is 43.9 Å². The second-order valence-electron chi connectivity index (χ2n) is 7.05. The van der Waals surface area contributed by atoms with Crippen LogP contribution in [0.4, 0.5) is 5.82 Å². The number of aromatic nitrogens is 1. The van der Waals surface area contributed by atoms with Gasteiger partial charge in [-0.3, -0.25) is 0 Å². The zero-order valence-electron chi connectivity index (χ0n) is 15.3. The topological polar surface area (TPSA) is 50.5 Å². The first-order chi connectivity index (χ1) is 12.2. The number of furan rings is 1. The van der Waals surface area contributed by atoms with Gasteiger partial charge in [0.05, 0.1) is 25.7 Å². The normalized spacial score (nSPS) is 16.4. The first-order valence-corrected chi connectivity index (χ1v) is 9.26. The van der Waals surface area contributed by atoms with Crippen LogP contribution < -0.4 is 10.2 Å². The molecule has 5 heteroatoms. The Hall–Kier alpha value is -1.85. The minimum Gasteiger partial charge on any atom is -0.472 e. The Morgan fingerprint density at radius 2 is 2.04 bits per heavy atom. The van der Waals surface area contributed by atoms with Crippen molar-refractivity contribution in [3.8, 4) is 0 Å². The third-order valence-corrected chi connectivity index (χ3v) is 4.70. The van der Waals surface area contributed by atoms with E-state index in [1.807, 2.05) is 18.5 Å². The van der Waals surface area contributed by atoms with Crippen LogP contribution in [0.15, 0.2) is 41.3 Å². The Balaban J connectivity index is 1.68. The second kappa shape index (κ2) is 9.02. The van der Waals surface area contributed by atoms with E-state index in [9.17, 15) is 0 Å². The summed E-state index contributed by atoms with van der Waals surface area (Å²) >= 11 is 0. The molecule has 3 heterocycles. The van der Waals surface area contributed by atoms with E-state index in [0.29, 0.717) is 12.0 Å². The van der Waals surface area contributed by atoms with Crippen molar-refractivity contribution in [3.05, 3.63) is 48.0 Å². The van der Waals surface area contributed by atoms with Gasteiger partial charge in [0.1, 0.15) is 5.82 Å². The summed E-state index contributed by atoms with van der Waals surface area (Å²) in [4.78, 5) is 6.95. The predicted molar refractivity (Wildman–Crippen MR) is 99.6 cm³/mol. The summed E-state index contributed by atoms with van der Waals surface area (Å²) < 4.78 is 10.8. The lowest BCUT2D eigenvalue weighted by Gasteiger charge is -2.30. The van der Waals surface area contributed by atoms with Crippen molar-refractivity contribution in [1.29, 1.82) is 0 Å². The molecule has 136 valence electrons. The zero-order chi connectivity index (χ0) is 17.5. The highest BCUT2D eigenvalue weighted by Crippen LogP contribution is 2.24. The second-order valence-corrected chi connectivity index (χ2v) is 7.05. The SMILES string of the molecule is CC(C)CC[C@@H](NCc1cccnc1N1CCOCC1)c1ccoc1. The van der Waals surface area contributed by atoms with Crippen LogP contribution in [-0.4, -0.2) is 31.3 Å². The number of nitrogens with one attached hydrogen (secondary N) is 1. The van der Waals surface area contributed by atoms with Crippen LogP contribution in [0.2, 0.25) is 0 Å². The number of rotatable bonds is 8. The van der Waals surface area contributed by atoms with E-state index >= 15 is 0 Å². The van der Waals surface area contributed by atoms with Gasteiger partial charge in [-0.15, -0.1) is 0 Å². The summed E-state index contributed by atoms with van der Waals surface area (Å²) in [6.45, 7) is 8.69. The highest BCUT2D eigenvalue weighted by atomic mass is 16.5. The van der Waals surface area contributed by atoms with Crippen LogP contribution in [0.3, 0.4) is 0 Å². The van der Waals surface area contributed by atoms with Crippen molar-refractivity contribution in [3.63, 3.8) is 0 Å². The van der Waals surface area contributed by atoms with E-state index in [2.05, 4.69) is 41.2 Å². The van der Waals surface area contributed by atoms with Gasteiger partial charge < -0.3 is 19.4 Å². The van der Waals surface area contributed by atoms with Gasteiger partial charge in [-0.1, -0.05) is 19.9 Å². The van der Waals surface area contributed by atoms with E-state index in [1.165, 1.54) is 17.5 Å². The fourth-order valence-corrected chi connectivity index (χ4v) is 3.22. The molecule has 0 radical (unpaired) electrons. The van der Waals surface area contributed by atoms with Gasteiger partial charge >= 0.3 is 0 Å².